The zero-order chi connectivity index (χ0) is 33.1. The number of hydrogen-bond donors (Lipinski definition) is 4. The van der Waals surface area contributed by atoms with Crippen molar-refractivity contribution in [3.63, 3.8) is 0 Å². The summed E-state index contributed by atoms with van der Waals surface area (Å²) in [6.07, 6.45) is 7.12. The molecule has 1 aliphatic heterocycles. The first-order chi connectivity index (χ1) is 22.1. The van der Waals surface area contributed by atoms with Gasteiger partial charge in [0.25, 0.3) is 0 Å². The monoisotopic (exact) mass is 654 g/mol. The van der Waals surface area contributed by atoms with Crippen LogP contribution in [0.25, 0.3) is 0 Å². The van der Waals surface area contributed by atoms with Gasteiger partial charge in [0, 0.05) is 31.4 Å². The number of nitrogens with one attached hydrogen (secondary N) is 1. The first-order valence-corrected chi connectivity index (χ1v) is 18.1. The minimum absolute atomic E-state index is 0.00515. The van der Waals surface area contributed by atoms with Gasteiger partial charge in [-0.25, -0.2) is 17.5 Å². The number of benzene rings is 3. The SMILES string of the molecule is CS(=O)(=O)NCCCCCc1ccc(N2C(=O)[C@H](CC[C@H](O)c3ccc(F)cc3)[C@H]2c2ccc(CCCC(CO)CO)cc2)cc1. The maximum Gasteiger partial charge on any atom is 0.233 e. The summed E-state index contributed by atoms with van der Waals surface area (Å²) in [5.74, 6) is -0.768. The molecule has 3 atom stereocenters. The van der Waals surface area contributed by atoms with Crippen LogP contribution in [0.15, 0.2) is 72.8 Å². The Labute approximate surface area is 272 Å². The lowest BCUT2D eigenvalue weighted by Crippen LogP contribution is -2.55. The molecule has 8 nitrogen and oxygen atoms in total. The number of aliphatic hydroxyl groups is 3. The van der Waals surface area contributed by atoms with Gasteiger partial charge in [0.2, 0.25) is 15.9 Å². The predicted molar refractivity (Wildman–Crippen MR) is 178 cm³/mol. The highest BCUT2D eigenvalue weighted by molar-refractivity contribution is 7.88. The van der Waals surface area contributed by atoms with E-state index >= 15 is 0 Å². The number of halogens is 1. The maximum absolute atomic E-state index is 13.6. The summed E-state index contributed by atoms with van der Waals surface area (Å²) in [5.41, 5.74) is 4.75. The topological polar surface area (TPSA) is 127 Å². The highest BCUT2D eigenvalue weighted by Gasteiger charge is 2.48. The van der Waals surface area contributed by atoms with Gasteiger partial charge >= 0.3 is 0 Å². The molecule has 0 spiro atoms. The standard InChI is InChI=1S/C36H47FN2O6S/c1-46(44,45)38-23-4-2-3-6-26-11-19-32(20-12-26)39-35(30-13-9-27(10-14-30)7-5-8-28(24-40)25-41)33(36(39)43)21-22-34(42)29-15-17-31(37)18-16-29/h9-20,28,33-35,38,40-42H,2-8,21-25H2,1H3/t33-,34+,35-/m1/s1. The van der Waals surface area contributed by atoms with Gasteiger partial charge in [-0.1, -0.05) is 55.0 Å². The molecule has 0 aliphatic carbocycles. The Balaban J connectivity index is 1.42. The van der Waals surface area contributed by atoms with Crippen molar-refractivity contribution in [1.29, 1.82) is 0 Å². The number of aryl methyl sites for hydroxylation is 2. The zero-order valence-corrected chi connectivity index (χ0v) is 27.3. The van der Waals surface area contributed by atoms with E-state index in [1.54, 1.807) is 12.1 Å². The average molecular weight is 655 g/mol. The number of anilines is 1. The van der Waals surface area contributed by atoms with E-state index in [1.165, 1.54) is 12.1 Å². The van der Waals surface area contributed by atoms with Crippen molar-refractivity contribution >= 4 is 21.6 Å². The summed E-state index contributed by atoms with van der Waals surface area (Å²) in [7, 11) is -3.16. The molecule has 1 heterocycles. The largest absolute Gasteiger partial charge is 0.396 e. The first-order valence-electron chi connectivity index (χ1n) is 16.2. The third-order valence-corrected chi connectivity index (χ3v) is 9.58. The second-order valence-corrected chi connectivity index (χ2v) is 14.2. The Kier molecular flexibility index (Phi) is 13.3. The van der Waals surface area contributed by atoms with E-state index in [-0.39, 0.29) is 42.8 Å². The predicted octanol–water partition coefficient (Wildman–Crippen LogP) is 5.23. The quantitative estimate of drug-likeness (QED) is 0.104. The van der Waals surface area contributed by atoms with Crippen molar-refractivity contribution in [3.8, 4) is 0 Å². The molecule has 250 valence electrons. The molecule has 0 bridgehead atoms. The third-order valence-electron chi connectivity index (χ3n) is 8.86. The fourth-order valence-corrected chi connectivity index (χ4v) is 6.63. The smallest absolute Gasteiger partial charge is 0.233 e. The summed E-state index contributed by atoms with van der Waals surface area (Å²) in [4.78, 5) is 15.4. The maximum atomic E-state index is 13.6. The number of carbonyl (C=O) groups excluding carboxylic acids is 1. The molecule has 10 heteroatoms. The van der Waals surface area contributed by atoms with Gasteiger partial charge in [0.05, 0.1) is 24.3 Å². The van der Waals surface area contributed by atoms with Crippen molar-refractivity contribution in [2.75, 3.05) is 30.9 Å². The van der Waals surface area contributed by atoms with E-state index in [9.17, 15) is 32.9 Å². The third kappa shape index (κ3) is 10.2. The highest BCUT2D eigenvalue weighted by Crippen LogP contribution is 2.46. The Morgan fingerprint density at radius 1 is 0.826 bits per heavy atom. The van der Waals surface area contributed by atoms with Gasteiger partial charge in [-0.2, -0.15) is 0 Å². The number of nitrogens with zero attached hydrogens (tertiary/aromatic N) is 1. The lowest BCUT2D eigenvalue weighted by atomic mass is 9.78. The van der Waals surface area contributed by atoms with Gasteiger partial charge < -0.3 is 20.2 Å². The van der Waals surface area contributed by atoms with Crippen molar-refractivity contribution in [3.05, 3.63) is 101 Å². The van der Waals surface area contributed by atoms with Gasteiger partial charge in [-0.3, -0.25) is 4.79 Å². The van der Waals surface area contributed by atoms with E-state index < -0.39 is 16.1 Å². The van der Waals surface area contributed by atoms with Crippen LogP contribution in [-0.4, -0.2) is 55.7 Å². The number of unbranched alkanes of at least 4 members (excludes halogenated alkanes) is 2. The van der Waals surface area contributed by atoms with Gasteiger partial charge in [-0.15, -0.1) is 0 Å². The molecule has 0 unspecified atom stereocenters. The fraction of sp³-hybridized carbons (Fsp3) is 0.472. The zero-order valence-electron chi connectivity index (χ0n) is 26.5. The molecule has 1 amide bonds. The minimum atomic E-state index is -3.16. The summed E-state index contributed by atoms with van der Waals surface area (Å²) in [6.45, 7) is 0.391. The Hall–Kier alpha value is -3.15. The molecule has 0 aromatic heterocycles. The van der Waals surface area contributed by atoms with Crippen molar-refractivity contribution < 1.29 is 32.9 Å². The summed E-state index contributed by atoms with van der Waals surface area (Å²) >= 11 is 0. The Morgan fingerprint density at radius 2 is 1.43 bits per heavy atom. The number of amides is 1. The molecule has 0 saturated carbocycles. The van der Waals surface area contributed by atoms with Gasteiger partial charge in [-0.05, 0) is 97.9 Å². The summed E-state index contributed by atoms with van der Waals surface area (Å²) < 4.78 is 38.3. The molecule has 4 rings (SSSR count). The lowest BCUT2D eigenvalue weighted by Gasteiger charge is -2.48. The van der Waals surface area contributed by atoms with Crippen molar-refractivity contribution in [2.24, 2.45) is 11.8 Å². The van der Waals surface area contributed by atoms with Gasteiger partial charge in [0.1, 0.15) is 5.82 Å². The molecule has 0 radical (unpaired) electrons. The van der Waals surface area contributed by atoms with Crippen LogP contribution in [0.1, 0.15) is 79.3 Å². The molecule has 4 N–H and O–H groups in total. The number of carbonyl (C=O) groups is 1. The normalized spacial score (nSPS) is 17.3. The van der Waals surface area contributed by atoms with E-state index in [4.69, 9.17) is 0 Å². The highest BCUT2D eigenvalue weighted by atomic mass is 32.2. The molecule has 1 aliphatic rings. The van der Waals surface area contributed by atoms with Crippen molar-refractivity contribution in [2.45, 2.75) is 69.9 Å². The molecule has 1 saturated heterocycles. The van der Waals surface area contributed by atoms with Crippen LogP contribution in [0.4, 0.5) is 10.1 Å². The van der Waals surface area contributed by atoms with Crippen LogP contribution < -0.4 is 9.62 Å². The fourth-order valence-electron chi connectivity index (χ4n) is 6.12. The number of aliphatic hydroxyl groups excluding tert-OH is 3. The average Bonchev–Trinajstić information content (AvgIpc) is 3.04. The van der Waals surface area contributed by atoms with E-state index in [0.29, 0.717) is 24.9 Å². The molecular weight excluding hydrogens is 607 g/mol. The molecule has 46 heavy (non-hydrogen) atoms. The van der Waals surface area contributed by atoms with Crippen molar-refractivity contribution in [1.82, 2.24) is 4.72 Å². The van der Waals surface area contributed by atoms with E-state index in [0.717, 1.165) is 73.6 Å². The Morgan fingerprint density at radius 3 is 2.04 bits per heavy atom. The Bertz CT molecular complexity index is 1480. The van der Waals surface area contributed by atoms with Crippen LogP contribution >= 0.6 is 0 Å². The van der Waals surface area contributed by atoms with Crippen LogP contribution in [0.3, 0.4) is 0 Å². The molecular formula is C36H47FN2O6S. The number of rotatable bonds is 19. The van der Waals surface area contributed by atoms with Crippen LogP contribution in [0, 0.1) is 17.7 Å². The lowest BCUT2D eigenvalue weighted by molar-refractivity contribution is -0.131. The van der Waals surface area contributed by atoms with E-state index in [2.05, 4.69) is 29.0 Å². The number of β-lactam (4-membered cyclic amide) rings is 1. The minimum Gasteiger partial charge on any atom is -0.396 e. The summed E-state index contributed by atoms with van der Waals surface area (Å²) in [5, 5.41) is 29.4. The van der Waals surface area contributed by atoms with Crippen LogP contribution in [-0.2, 0) is 27.7 Å². The van der Waals surface area contributed by atoms with Crippen LogP contribution in [0.5, 0.6) is 0 Å². The molecule has 1 fully saturated rings. The second-order valence-electron chi connectivity index (χ2n) is 12.4. The molecule has 3 aromatic carbocycles. The molecule has 3 aromatic rings. The summed E-state index contributed by atoms with van der Waals surface area (Å²) in [6, 6.07) is 21.9. The second kappa shape index (κ2) is 17.1. The van der Waals surface area contributed by atoms with Crippen LogP contribution in [0.2, 0.25) is 0 Å². The first kappa shape index (κ1) is 35.7. The van der Waals surface area contributed by atoms with E-state index in [1.807, 2.05) is 29.2 Å². The van der Waals surface area contributed by atoms with Gasteiger partial charge in [0.15, 0.2) is 0 Å². The number of sulfonamides is 1. The number of hydrogen-bond acceptors (Lipinski definition) is 6.